The first-order valence-electron chi connectivity index (χ1n) is 7.67. The lowest BCUT2D eigenvalue weighted by atomic mass is 10.2. The number of hydrogen-bond acceptors (Lipinski definition) is 4. The van der Waals surface area contributed by atoms with Gasteiger partial charge in [-0.15, -0.1) is 0 Å². The van der Waals surface area contributed by atoms with Gasteiger partial charge in [-0.1, -0.05) is 24.3 Å². The van der Waals surface area contributed by atoms with Crippen molar-refractivity contribution >= 4 is 5.91 Å². The van der Waals surface area contributed by atoms with E-state index in [0.29, 0.717) is 12.1 Å². The first-order chi connectivity index (χ1) is 11.8. The van der Waals surface area contributed by atoms with Crippen molar-refractivity contribution in [2.75, 3.05) is 13.2 Å². The van der Waals surface area contributed by atoms with E-state index in [9.17, 15) is 9.90 Å². The molecule has 0 bridgehead atoms. The third kappa shape index (κ3) is 3.67. The molecule has 0 saturated heterocycles. The fourth-order valence-electron chi connectivity index (χ4n) is 2.42. The highest BCUT2D eigenvalue weighted by atomic mass is 16.3. The first kappa shape index (κ1) is 15.9. The van der Waals surface area contributed by atoms with Gasteiger partial charge in [0.05, 0.1) is 24.1 Å². The Balaban J connectivity index is 1.79. The maximum absolute atomic E-state index is 12.7. The Morgan fingerprint density at radius 2 is 1.96 bits per heavy atom. The predicted molar refractivity (Wildman–Crippen MR) is 89.6 cm³/mol. The number of hydrogen-bond donors (Lipinski definition) is 1. The lowest BCUT2D eigenvalue weighted by Gasteiger charge is -2.21. The number of carbonyl (C=O) groups excluding carboxylic acids is 1. The van der Waals surface area contributed by atoms with E-state index in [2.05, 4.69) is 10.1 Å². The Labute approximate surface area is 140 Å². The second kappa shape index (κ2) is 7.52. The summed E-state index contributed by atoms with van der Waals surface area (Å²) in [6.07, 6.45) is 6.64. The van der Waals surface area contributed by atoms with Gasteiger partial charge in [-0.05, 0) is 23.8 Å². The molecule has 0 radical (unpaired) electrons. The summed E-state index contributed by atoms with van der Waals surface area (Å²) in [6, 6.07) is 13.3. The highest BCUT2D eigenvalue weighted by Gasteiger charge is 2.18. The van der Waals surface area contributed by atoms with Crippen molar-refractivity contribution in [3.05, 3.63) is 78.4 Å². The summed E-state index contributed by atoms with van der Waals surface area (Å²) in [5, 5.41) is 13.5. The Morgan fingerprint density at radius 3 is 2.67 bits per heavy atom. The normalized spacial score (nSPS) is 10.5. The minimum Gasteiger partial charge on any atom is -0.395 e. The van der Waals surface area contributed by atoms with Crippen LogP contribution in [0.5, 0.6) is 0 Å². The van der Waals surface area contributed by atoms with E-state index in [0.717, 1.165) is 11.3 Å². The number of rotatable bonds is 6. The van der Waals surface area contributed by atoms with Gasteiger partial charge < -0.3 is 10.0 Å². The number of para-hydroxylation sites is 1. The number of carbonyl (C=O) groups is 1. The van der Waals surface area contributed by atoms with Gasteiger partial charge in [0.15, 0.2) is 0 Å². The number of amides is 1. The van der Waals surface area contributed by atoms with E-state index in [-0.39, 0.29) is 19.1 Å². The van der Waals surface area contributed by atoms with Crippen molar-refractivity contribution in [2.45, 2.75) is 6.54 Å². The molecule has 1 amide bonds. The number of nitrogens with zero attached hydrogens (tertiary/aromatic N) is 4. The monoisotopic (exact) mass is 322 g/mol. The van der Waals surface area contributed by atoms with Gasteiger partial charge in [0.25, 0.3) is 5.91 Å². The number of benzene rings is 1. The van der Waals surface area contributed by atoms with Crippen LogP contribution in [0.1, 0.15) is 15.9 Å². The fourth-order valence-corrected chi connectivity index (χ4v) is 2.42. The van der Waals surface area contributed by atoms with Crippen LogP contribution in [0, 0.1) is 0 Å². The maximum Gasteiger partial charge on any atom is 0.257 e. The van der Waals surface area contributed by atoms with Gasteiger partial charge in [-0.3, -0.25) is 9.78 Å². The minimum atomic E-state index is -0.171. The maximum atomic E-state index is 12.7. The van der Waals surface area contributed by atoms with Crippen molar-refractivity contribution in [3.63, 3.8) is 0 Å². The molecule has 24 heavy (non-hydrogen) atoms. The van der Waals surface area contributed by atoms with E-state index in [4.69, 9.17) is 0 Å². The summed E-state index contributed by atoms with van der Waals surface area (Å²) >= 11 is 0. The smallest absolute Gasteiger partial charge is 0.257 e. The second-order valence-corrected chi connectivity index (χ2v) is 5.32. The van der Waals surface area contributed by atoms with Crippen LogP contribution in [0.15, 0.2) is 67.3 Å². The van der Waals surface area contributed by atoms with Gasteiger partial charge in [0, 0.05) is 31.7 Å². The average molecular weight is 322 g/mol. The van der Waals surface area contributed by atoms with Crippen LogP contribution in [-0.2, 0) is 6.54 Å². The van der Waals surface area contributed by atoms with Crippen LogP contribution in [0.3, 0.4) is 0 Å². The SMILES string of the molecule is O=C(c1cnn(-c2ccccc2)c1)N(CCO)Cc1cccnc1. The van der Waals surface area contributed by atoms with Gasteiger partial charge in [0.1, 0.15) is 0 Å². The summed E-state index contributed by atoms with van der Waals surface area (Å²) in [5.41, 5.74) is 2.28. The standard InChI is InChI=1S/C18H18N4O2/c23-10-9-21(13-15-5-4-8-19-11-15)18(24)16-12-20-22(14-16)17-6-2-1-3-7-17/h1-8,11-12,14,23H,9-10,13H2. The van der Waals surface area contributed by atoms with Crippen LogP contribution in [0.4, 0.5) is 0 Å². The molecule has 122 valence electrons. The molecular weight excluding hydrogens is 304 g/mol. The quantitative estimate of drug-likeness (QED) is 0.752. The molecule has 0 atom stereocenters. The Morgan fingerprint density at radius 1 is 1.12 bits per heavy atom. The first-order valence-corrected chi connectivity index (χ1v) is 7.67. The van der Waals surface area contributed by atoms with Crippen molar-refractivity contribution in [1.29, 1.82) is 0 Å². The predicted octanol–water partition coefficient (Wildman–Crippen LogP) is 1.90. The van der Waals surface area contributed by atoms with Crippen molar-refractivity contribution in [2.24, 2.45) is 0 Å². The molecule has 6 heteroatoms. The number of aliphatic hydroxyl groups excluding tert-OH is 1. The molecule has 3 rings (SSSR count). The van der Waals surface area contributed by atoms with E-state index >= 15 is 0 Å². The summed E-state index contributed by atoms with van der Waals surface area (Å²) in [6.45, 7) is 0.548. The van der Waals surface area contributed by atoms with Gasteiger partial charge in [-0.25, -0.2) is 4.68 Å². The molecular formula is C18H18N4O2. The zero-order valence-corrected chi connectivity index (χ0v) is 13.1. The Hall–Kier alpha value is -2.99. The highest BCUT2D eigenvalue weighted by Crippen LogP contribution is 2.12. The molecule has 0 unspecified atom stereocenters. The zero-order chi connectivity index (χ0) is 16.8. The third-order valence-electron chi connectivity index (χ3n) is 3.60. The highest BCUT2D eigenvalue weighted by molar-refractivity contribution is 5.93. The van der Waals surface area contributed by atoms with Crippen molar-refractivity contribution in [3.8, 4) is 5.69 Å². The number of aliphatic hydroxyl groups is 1. The number of aromatic nitrogens is 3. The molecule has 3 aromatic rings. The van der Waals surface area contributed by atoms with Crippen LogP contribution in [0.2, 0.25) is 0 Å². The molecule has 0 aliphatic heterocycles. The summed E-state index contributed by atoms with van der Waals surface area (Å²) in [5.74, 6) is -0.171. The van der Waals surface area contributed by atoms with Gasteiger partial charge >= 0.3 is 0 Å². The molecule has 0 aliphatic carbocycles. The fraction of sp³-hybridized carbons (Fsp3) is 0.167. The van der Waals surface area contributed by atoms with Gasteiger partial charge in [0.2, 0.25) is 0 Å². The molecule has 2 aromatic heterocycles. The number of pyridine rings is 1. The summed E-state index contributed by atoms with van der Waals surface area (Å²) in [7, 11) is 0. The lowest BCUT2D eigenvalue weighted by molar-refractivity contribution is 0.0707. The summed E-state index contributed by atoms with van der Waals surface area (Å²) < 4.78 is 1.66. The van der Waals surface area contributed by atoms with Crippen molar-refractivity contribution < 1.29 is 9.90 Å². The van der Waals surface area contributed by atoms with E-state index in [1.807, 2.05) is 42.5 Å². The molecule has 0 spiro atoms. The lowest BCUT2D eigenvalue weighted by Crippen LogP contribution is -2.33. The van der Waals surface area contributed by atoms with Gasteiger partial charge in [-0.2, -0.15) is 5.10 Å². The largest absolute Gasteiger partial charge is 0.395 e. The second-order valence-electron chi connectivity index (χ2n) is 5.32. The van der Waals surface area contributed by atoms with Crippen molar-refractivity contribution in [1.82, 2.24) is 19.7 Å². The average Bonchev–Trinajstić information content (AvgIpc) is 3.12. The molecule has 0 aliphatic rings. The molecule has 6 nitrogen and oxygen atoms in total. The van der Waals surface area contributed by atoms with E-state index in [1.54, 1.807) is 34.4 Å². The molecule has 1 aromatic carbocycles. The zero-order valence-electron chi connectivity index (χ0n) is 13.1. The third-order valence-corrected chi connectivity index (χ3v) is 3.60. The molecule has 0 fully saturated rings. The Kier molecular flexibility index (Phi) is 4.98. The molecule has 2 heterocycles. The van der Waals surface area contributed by atoms with Crippen LogP contribution in [-0.4, -0.2) is 43.8 Å². The Bertz CT molecular complexity index is 787. The van der Waals surface area contributed by atoms with Crippen LogP contribution >= 0.6 is 0 Å². The molecule has 1 N–H and O–H groups in total. The topological polar surface area (TPSA) is 71.2 Å². The van der Waals surface area contributed by atoms with E-state index < -0.39 is 0 Å². The molecule has 0 saturated carbocycles. The van der Waals surface area contributed by atoms with Crippen LogP contribution < -0.4 is 0 Å². The van der Waals surface area contributed by atoms with E-state index in [1.165, 1.54) is 0 Å². The minimum absolute atomic E-state index is 0.0984. The van der Waals surface area contributed by atoms with Crippen LogP contribution in [0.25, 0.3) is 5.69 Å². The summed E-state index contributed by atoms with van der Waals surface area (Å²) in [4.78, 5) is 18.4.